The predicted octanol–water partition coefficient (Wildman–Crippen LogP) is 10.3. The van der Waals surface area contributed by atoms with Crippen LogP contribution in [0.2, 0.25) is 0 Å². The Morgan fingerprint density at radius 2 is 1.14 bits per heavy atom. The number of benzene rings is 7. The molecule has 0 unspecified atom stereocenters. The smallest absolute Gasteiger partial charge is 0.135 e. The van der Waals surface area contributed by atoms with E-state index >= 15 is 0 Å². The summed E-state index contributed by atoms with van der Waals surface area (Å²) >= 11 is 0. The molecule has 1 heterocycles. The van der Waals surface area contributed by atoms with Crippen LogP contribution < -0.4 is 4.74 Å². The van der Waals surface area contributed by atoms with Gasteiger partial charge in [-0.05, 0) is 72.9 Å². The third kappa shape index (κ3) is 2.98. The van der Waals surface area contributed by atoms with E-state index in [1.54, 1.807) is 0 Å². The Hall–Kier alpha value is -4.88. The van der Waals surface area contributed by atoms with Crippen LogP contribution >= 0.6 is 0 Å². The number of hydrogen-bond acceptors (Lipinski definition) is 1. The Morgan fingerprint density at radius 1 is 0.459 bits per heavy atom. The van der Waals surface area contributed by atoms with E-state index in [0.29, 0.717) is 12.1 Å². The molecule has 1 aliphatic heterocycles. The Balaban J connectivity index is 1.50. The molecule has 0 N–H and O–H groups in total. The van der Waals surface area contributed by atoms with Gasteiger partial charge in [0, 0.05) is 10.9 Å². The molecule has 0 amide bonds. The summed E-state index contributed by atoms with van der Waals surface area (Å²) in [5.41, 5.74) is 6.22. The molecular weight excluding hydrogens is 448 g/mol. The van der Waals surface area contributed by atoms with Gasteiger partial charge in [-0.15, -0.1) is 0 Å². The van der Waals surface area contributed by atoms with Gasteiger partial charge in [-0.25, -0.2) is 0 Å². The molecule has 1 heteroatoms. The minimum Gasteiger partial charge on any atom is -0.456 e. The van der Waals surface area contributed by atoms with Gasteiger partial charge in [0.05, 0.1) is 2.74 Å². The van der Waals surface area contributed by atoms with Crippen molar-refractivity contribution in [1.29, 1.82) is 0 Å². The van der Waals surface area contributed by atoms with Crippen molar-refractivity contribution in [2.24, 2.45) is 0 Å². The molecule has 0 fully saturated rings. The molecular formula is C36H22O. The van der Waals surface area contributed by atoms with Gasteiger partial charge in [0.1, 0.15) is 11.5 Å². The molecule has 0 saturated heterocycles. The van der Waals surface area contributed by atoms with Crippen molar-refractivity contribution in [3.63, 3.8) is 0 Å². The summed E-state index contributed by atoms with van der Waals surface area (Å²) in [4.78, 5) is 0. The highest BCUT2D eigenvalue weighted by atomic mass is 16.5. The van der Waals surface area contributed by atoms with Gasteiger partial charge in [0.25, 0.3) is 0 Å². The van der Waals surface area contributed by atoms with Crippen LogP contribution in [0.5, 0.6) is 11.5 Å². The highest BCUT2D eigenvalue weighted by Gasteiger charge is 2.22. The summed E-state index contributed by atoms with van der Waals surface area (Å²) in [6.45, 7) is 0. The monoisotopic (exact) mass is 472 g/mol. The second-order valence-electron chi connectivity index (χ2n) is 9.51. The van der Waals surface area contributed by atoms with Crippen molar-refractivity contribution in [3.8, 4) is 44.9 Å². The minimum absolute atomic E-state index is 0.471. The molecule has 1 nitrogen and oxygen atoms in total. The van der Waals surface area contributed by atoms with E-state index in [1.807, 2.05) is 60.7 Å². The molecule has 172 valence electrons. The standard InChI is InChI=1S/C36H22O/c1-2-10-23(11-3-1)34-26-14-4-6-16-28(26)35(29-17-7-5-15-27(29)34)25-20-21-32-31(22-25)30-18-8-12-24-13-9-19-33(37-32)36(24)30/h1-22H/i14D,17D. The fourth-order valence-electron chi connectivity index (χ4n) is 5.90. The van der Waals surface area contributed by atoms with Gasteiger partial charge < -0.3 is 4.74 Å². The predicted molar refractivity (Wildman–Crippen MR) is 155 cm³/mol. The summed E-state index contributed by atoms with van der Waals surface area (Å²) in [6.07, 6.45) is 0. The van der Waals surface area contributed by atoms with Crippen LogP contribution in [0.1, 0.15) is 2.74 Å². The average Bonchev–Trinajstić information content (AvgIpc) is 2.97. The van der Waals surface area contributed by atoms with E-state index in [2.05, 4.69) is 60.7 Å². The largest absolute Gasteiger partial charge is 0.456 e. The quantitative estimate of drug-likeness (QED) is 0.227. The van der Waals surface area contributed by atoms with Gasteiger partial charge in [0.2, 0.25) is 0 Å². The van der Waals surface area contributed by atoms with Crippen LogP contribution in [-0.4, -0.2) is 0 Å². The highest BCUT2D eigenvalue weighted by molar-refractivity contribution is 6.21. The zero-order valence-electron chi connectivity index (χ0n) is 22.0. The minimum atomic E-state index is 0.471. The lowest BCUT2D eigenvalue weighted by molar-refractivity contribution is 0.487. The number of fused-ring (bicyclic) bond motifs is 4. The van der Waals surface area contributed by atoms with Gasteiger partial charge in [-0.2, -0.15) is 0 Å². The number of rotatable bonds is 2. The first-order chi connectivity index (χ1) is 19.2. The zero-order chi connectivity index (χ0) is 26.1. The normalized spacial score (nSPS) is 12.8. The topological polar surface area (TPSA) is 9.23 Å². The van der Waals surface area contributed by atoms with E-state index in [1.165, 1.54) is 0 Å². The highest BCUT2D eigenvalue weighted by Crippen LogP contribution is 2.49. The Morgan fingerprint density at radius 3 is 1.89 bits per heavy atom. The third-order valence-corrected chi connectivity index (χ3v) is 7.46. The van der Waals surface area contributed by atoms with E-state index in [0.717, 1.165) is 77.2 Å². The van der Waals surface area contributed by atoms with Gasteiger partial charge in [0.15, 0.2) is 0 Å². The lowest BCUT2D eigenvalue weighted by atomic mass is 9.85. The molecule has 0 bridgehead atoms. The Bertz CT molecular complexity index is 2110. The van der Waals surface area contributed by atoms with Crippen LogP contribution in [0.3, 0.4) is 0 Å². The lowest BCUT2D eigenvalue weighted by Gasteiger charge is -2.23. The summed E-state index contributed by atoms with van der Waals surface area (Å²) in [5, 5.41) is 6.02. The fourth-order valence-corrected chi connectivity index (χ4v) is 5.90. The molecule has 0 aromatic heterocycles. The van der Waals surface area contributed by atoms with E-state index in [-0.39, 0.29) is 0 Å². The molecule has 7 aromatic rings. The van der Waals surface area contributed by atoms with Gasteiger partial charge in [-0.1, -0.05) is 115 Å². The van der Waals surface area contributed by atoms with E-state index in [4.69, 9.17) is 7.48 Å². The van der Waals surface area contributed by atoms with Crippen molar-refractivity contribution in [2.75, 3.05) is 0 Å². The SMILES string of the molecule is [2H]c1cccc2c(-c3ccc4c(c3)-c3cccc5cccc(c35)O4)c3c([2H])cccc3c(-c3ccccc3)c12. The summed E-state index contributed by atoms with van der Waals surface area (Å²) in [6, 6.07) is 41.8. The van der Waals surface area contributed by atoms with E-state index < -0.39 is 0 Å². The second-order valence-corrected chi connectivity index (χ2v) is 9.51. The van der Waals surface area contributed by atoms with Crippen LogP contribution in [0, 0.1) is 0 Å². The van der Waals surface area contributed by atoms with Crippen molar-refractivity contribution < 1.29 is 7.48 Å². The zero-order valence-corrected chi connectivity index (χ0v) is 20.0. The molecule has 0 radical (unpaired) electrons. The summed E-state index contributed by atoms with van der Waals surface area (Å²) < 4.78 is 24.4. The van der Waals surface area contributed by atoms with Crippen molar-refractivity contribution >= 4 is 32.3 Å². The molecule has 8 rings (SSSR count). The molecule has 1 aliphatic rings. The maximum Gasteiger partial charge on any atom is 0.135 e. The molecule has 0 spiro atoms. The number of ether oxygens (including phenoxy) is 1. The van der Waals surface area contributed by atoms with Gasteiger partial charge in [-0.3, -0.25) is 0 Å². The molecule has 0 saturated carbocycles. The van der Waals surface area contributed by atoms with Crippen molar-refractivity contribution in [3.05, 3.63) is 133 Å². The molecule has 0 aliphatic carbocycles. The van der Waals surface area contributed by atoms with Crippen LogP contribution in [0.4, 0.5) is 0 Å². The van der Waals surface area contributed by atoms with Crippen LogP contribution in [0.25, 0.3) is 65.7 Å². The lowest BCUT2D eigenvalue weighted by Crippen LogP contribution is -1.97. The van der Waals surface area contributed by atoms with Crippen LogP contribution in [0.15, 0.2) is 133 Å². The molecule has 7 aromatic carbocycles. The second kappa shape index (κ2) is 7.81. The van der Waals surface area contributed by atoms with Crippen LogP contribution in [-0.2, 0) is 0 Å². The molecule has 0 atom stereocenters. The Labute approximate surface area is 218 Å². The first kappa shape index (κ1) is 18.4. The Kier molecular flexibility index (Phi) is 3.88. The van der Waals surface area contributed by atoms with E-state index in [9.17, 15) is 0 Å². The van der Waals surface area contributed by atoms with Gasteiger partial charge >= 0.3 is 0 Å². The fraction of sp³-hybridized carbons (Fsp3) is 0. The first-order valence-electron chi connectivity index (χ1n) is 13.5. The molecule has 37 heavy (non-hydrogen) atoms. The van der Waals surface area contributed by atoms with Crippen molar-refractivity contribution in [1.82, 2.24) is 0 Å². The van der Waals surface area contributed by atoms with Crippen molar-refractivity contribution in [2.45, 2.75) is 0 Å². The maximum atomic E-state index is 9.05. The third-order valence-electron chi connectivity index (χ3n) is 7.46. The summed E-state index contributed by atoms with van der Waals surface area (Å²) in [7, 11) is 0. The first-order valence-corrected chi connectivity index (χ1v) is 12.5. The average molecular weight is 473 g/mol. The number of hydrogen-bond donors (Lipinski definition) is 0. The summed E-state index contributed by atoms with van der Waals surface area (Å²) in [5.74, 6) is 1.70. The maximum absolute atomic E-state index is 9.05.